The SMILES string of the molecule is CCNC(=NCC(c1ccco1)N1CCCC1)NCCNC(=O)c1ccc(Cl)cc1. The molecule has 1 aliphatic heterocycles. The van der Waals surface area contributed by atoms with Gasteiger partial charge in [-0.3, -0.25) is 14.7 Å². The molecule has 30 heavy (non-hydrogen) atoms. The molecular weight excluding hydrogens is 402 g/mol. The molecule has 1 amide bonds. The fourth-order valence-corrected chi connectivity index (χ4v) is 3.63. The van der Waals surface area contributed by atoms with Gasteiger partial charge in [0.25, 0.3) is 5.91 Å². The highest BCUT2D eigenvalue weighted by Crippen LogP contribution is 2.25. The molecule has 3 rings (SSSR count). The normalized spacial score (nSPS) is 15.7. The maximum Gasteiger partial charge on any atom is 0.251 e. The van der Waals surface area contributed by atoms with Gasteiger partial charge in [0.05, 0.1) is 18.8 Å². The van der Waals surface area contributed by atoms with Crippen LogP contribution in [0, 0.1) is 0 Å². The summed E-state index contributed by atoms with van der Waals surface area (Å²) in [5.74, 6) is 1.56. The zero-order chi connectivity index (χ0) is 21.2. The van der Waals surface area contributed by atoms with Crippen molar-refractivity contribution in [2.75, 3.05) is 39.3 Å². The molecule has 3 N–H and O–H groups in total. The van der Waals surface area contributed by atoms with Gasteiger partial charge in [0.1, 0.15) is 5.76 Å². The number of likely N-dealkylation sites (tertiary alicyclic amines) is 1. The number of halogens is 1. The molecule has 0 radical (unpaired) electrons. The van der Waals surface area contributed by atoms with E-state index in [2.05, 4.69) is 20.9 Å². The van der Waals surface area contributed by atoms with E-state index in [9.17, 15) is 4.79 Å². The van der Waals surface area contributed by atoms with Crippen LogP contribution in [0.3, 0.4) is 0 Å². The summed E-state index contributed by atoms with van der Waals surface area (Å²) in [7, 11) is 0. The molecule has 1 fully saturated rings. The molecule has 1 unspecified atom stereocenters. The second-order valence-corrected chi connectivity index (χ2v) is 7.62. The monoisotopic (exact) mass is 431 g/mol. The molecule has 0 aliphatic carbocycles. The lowest BCUT2D eigenvalue weighted by Gasteiger charge is -2.24. The zero-order valence-electron chi connectivity index (χ0n) is 17.4. The van der Waals surface area contributed by atoms with Crippen LogP contribution in [-0.2, 0) is 0 Å². The van der Waals surface area contributed by atoms with Crippen LogP contribution in [0.5, 0.6) is 0 Å². The van der Waals surface area contributed by atoms with Gasteiger partial charge in [-0.2, -0.15) is 0 Å². The molecule has 1 saturated heterocycles. The highest BCUT2D eigenvalue weighted by atomic mass is 35.5. The van der Waals surface area contributed by atoms with Crippen LogP contribution < -0.4 is 16.0 Å². The van der Waals surface area contributed by atoms with Gasteiger partial charge in [-0.15, -0.1) is 0 Å². The number of aliphatic imine (C=N–C) groups is 1. The van der Waals surface area contributed by atoms with E-state index in [0.29, 0.717) is 30.2 Å². The number of rotatable bonds is 9. The number of nitrogens with zero attached hydrogens (tertiary/aromatic N) is 2. The van der Waals surface area contributed by atoms with E-state index >= 15 is 0 Å². The Bertz CT molecular complexity index is 801. The molecule has 1 aromatic heterocycles. The third kappa shape index (κ3) is 6.50. The van der Waals surface area contributed by atoms with Crippen LogP contribution in [0.2, 0.25) is 5.02 Å². The Morgan fingerprint density at radius 1 is 1.13 bits per heavy atom. The second-order valence-electron chi connectivity index (χ2n) is 7.18. The van der Waals surface area contributed by atoms with Crippen LogP contribution in [0.4, 0.5) is 0 Å². The maximum absolute atomic E-state index is 12.2. The van der Waals surface area contributed by atoms with E-state index in [1.165, 1.54) is 12.8 Å². The number of amides is 1. The van der Waals surface area contributed by atoms with E-state index in [0.717, 1.165) is 31.4 Å². The maximum atomic E-state index is 12.2. The van der Waals surface area contributed by atoms with Gasteiger partial charge in [-0.05, 0) is 69.3 Å². The van der Waals surface area contributed by atoms with Crippen LogP contribution >= 0.6 is 11.6 Å². The van der Waals surface area contributed by atoms with Crippen molar-refractivity contribution >= 4 is 23.5 Å². The van der Waals surface area contributed by atoms with Gasteiger partial charge in [0.15, 0.2) is 5.96 Å². The van der Waals surface area contributed by atoms with Gasteiger partial charge in [-0.25, -0.2) is 0 Å². The van der Waals surface area contributed by atoms with E-state index < -0.39 is 0 Å². The highest BCUT2D eigenvalue weighted by Gasteiger charge is 2.25. The Balaban J connectivity index is 1.50. The fourth-order valence-electron chi connectivity index (χ4n) is 3.50. The third-order valence-electron chi connectivity index (χ3n) is 5.03. The molecular formula is C22H30ClN5O2. The van der Waals surface area contributed by atoms with Crippen molar-refractivity contribution in [1.29, 1.82) is 0 Å². The highest BCUT2D eigenvalue weighted by molar-refractivity contribution is 6.30. The Hall–Kier alpha value is -2.51. The number of guanidine groups is 1. The molecule has 7 nitrogen and oxygen atoms in total. The molecule has 1 aromatic carbocycles. The summed E-state index contributed by atoms with van der Waals surface area (Å²) in [5, 5.41) is 10.1. The molecule has 0 bridgehead atoms. The molecule has 1 atom stereocenters. The van der Waals surface area contributed by atoms with E-state index in [1.54, 1.807) is 30.5 Å². The van der Waals surface area contributed by atoms with Crippen LogP contribution in [0.25, 0.3) is 0 Å². The number of benzene rings is 1. The summed E-state index contributed by atoms with van der Waals surface area (Å²) in [5.41, 5.74) is 0.590. The average Bonchev–Trinajstić information content (AvgIpc) is 3.46. The Morgan fingerprint density at radius 3 is 2.53 bits per heavy atom. The van der Waals surface area contributed by atoms with Gasteiger partial charge in [-0.1, -0.05) is 11.6 Å². The lowest BCUT2D eigenvalue weighted by Crippen LogP contribution is -2.42. The zero-order valence-corrected chi connectivity index (χ0v) is 18.1. The molecule has 8 heteroatoms. The van der Waals surface area contributed by atoms with Crippen molar-refractivity contribution in [3.63, 3.8) is 0 Å². The van der Waals surface area contributed by atoms with E-state index in [-0.39, 0.29) is 11.9 Å². The Kier molecular flexibility index (Phi) is 8.59. The quantitative estimate of drug-likeness (QED) is 0.323. The van der Waals surface area contributed by atoms with Gasteiger partial charge in [0, 0.05) is 30.2 Å². The summed E-state index contributed by atoms with van der Waals surface area (Å²) in [6.07, 6.45) is 4.15. The topological polar surface area (TPSA) is 81.9 Å². The number of furan rings is 1. The molecule has 0 saturated carbocycles. The summed E-state index contributed by atoms with van der Waals surface area (Å²) >= 11 is 5.86. The largest absolute Gasteiger partial charge is 0.468 e. The van der Waals surface area contributed by atoms with Crippen molar-refractivity contribution < 1.29 is 9.21 Å². The second kappa shape index (κ2) is 11.6. The minimum Gasteiger partial charge on any atom is -0.468 e. The minimum atomic E-state index is -0.123. The first-order valence-corrected chi connectivity index (χ1v) is 10.9. The Labute approximate surface area is 182 Å². The number of carbonyl (C=O) groups is 1. The first kappa shape index (κ1) is 22.2. The van der Waals surface area contributed by atoms with Gasteiger partial charge < -0.3 is 20.4 Å². The fraction of sp³-hybridized carbons (Fsp3) is 0.455. The van der Waals surface area contributed by atoms with Gasteiger partial charge >= 0.3 is 0 Å². The predicted molar refractivity (Wildman–Crippen MR) is 120 cm³/mol. The smallest absolute Gasteiger partial charge is 0.251 e. The minimum absolute atomic E-state index is 0.123. The van der Waals surface area contributed by atoms with Crippen molar-refractivity contribution in [1.82, 2.24) is 20.9 Å². The van der Waals surface area contributed by atoms with Crippen LogP contribution in [-0.4, -0.2) is 56.0 Å². The van der Waals surface area contributed by atoms with Gasteiger partial charge in [0.2, 0.25) is 0 Å². The lowest BCUT2D eigenvalue weighted by molar-refractivity contribution is 0.0954. The van der Waals surface area contributed by atoms with E-state index in [4.69, 9.17) is 21.0 Å². The van der Waals surface area contributed by atoms with Crippen LogP contribution in [0.1, 0.15) is 41.9 Å². The van der Waals surface area contributed by atoms with Crippen molar-refractivity contribution in [3.05, 3.63) is 59.0 Å². The van der Waals surface area contributed by atoms with E-state index in [1.807, 2.05) is 19.1 Å². The number of hydrogen-bond donors (Lipinski definition) is 3. The van der Waals surface area contributed by atoms with Crippen molar-refractivity contribution in [2.24, 2.45) is 4.99 Å². The van der Waals surface area contributed by atoms with Crippen LogP contribution in [0.15, 0.2) is 52.1 Å². The standard InChI is InChI=1S/C22H30ClN5O2/c1-2-24-22(26-12-11-25-21(29)17-7-9-18(23)10-8-17)27-16-19(20-6-5-15-30-20)28-13-3-4-14-28/h5-10,15,19H,2-4,11-14,16H2,1H3,(H,25,29)(H2,24,26,27). The summed E-state index contributed by atoms with van der Waals surface area (Å²) in [6.45, 7) is 6.60. The number of hydrogen-bond acceptors (Lipinski definition) is 4. The summed E-state index contributed by atoms with van der Waals surface area (Å²) in [4.78, 5) is 19.4. The number of carbonyl (C=O) groups excluding carboxylic acids is 1. The molecule has 0 spiro atoms. The predicted octanol–water partition coefficient (Wildman–Crippen LogP) is 3.06. The van der Waals surface area contributed by atoms with Crippen molar-refractivity contribution in [2.45, 2.75) is 25.8 Å². The lowest BCUT2D eigenvalue weighted by atomic mass is 10.2. The molecule has 162 valence electrons. The average molecular weight is 432 g/mol. The summed E-state index contributed by atoms with van der Waals surface area (Å²) < 4.78 is 5.67. The Morgan fingerprint density at radius 2 is 1.87 bits per heavy atom. The third-order valence-corrected chi connectivity index (χ3v) is 5.28. The summed E-state index contributed by atoms with van der Waals surface area (Å²) in [6, 6.07) is 10.9. The first-order valence-electron chi connectivity index (χ1n) is 10.5. The number of nitrogens with one attached hydrogen (secondary N) is 3. The molecule has 1 aliphatic rings. The first-order chi connectivity index (χ1) is 14.7. The van der Waals surface area contributed by atoms with Crippen molar-refractivity contribution in [3.8, 4) is 0 Å². The molecule has 2 heterocycles. The molecule has 2 aromatic rings.